The average Bonchev–Trinajstić information content (AvgIpc) is 2.57. The summed E-state index contributed by atoms with van der Waals surface area (Å²) in [6.07, 6.45) is 0. The predicted molar refractivity (Wildman–Crippen MR) is 79.7 cm³/mol. The van der Waals surface area contributed by atoms with Gasteiger partial charge in [-0.3, -0.25) is 4.79 Å². The van der Waals surface area contributed by atoms with Gasteiger partial charge < -0.3 is 5.11 Å². The van der Waals surface area contributed by atoms with E-state index in [-0.39, 0.29) is 11.0 Å². The molecule has 1 N–H and O–H groups in total. The summed E-state index contributed by atoms with van der Waals surface area (Å²) in [6, 6.07) is 13.3. The minimum Gasteiger partial charge on any atom is -0.478 e. The lowest BCUT2D eigenvalue weighted by molar-refractivity contribution is 0.0697. The lowest BCUT2D eigenvalue weighted by Crippen LogP contribution is -2.01. The van der Waals surface area contributed by atoms with Crippen LogP contribution < -0.4 is 5.43 Å². The zero-order valence-corrected chi connectivity index (χ0v) is 11.0. The first-order valence-corrected chi connectivity index (χ1v) is 6.34. The number of hydrogen-bond acceptors (Lipinski definition) is 2. The SMILES string of the molecule is O=C(O)c1ccc2ccc3ccc(Cl)cc3c(=O)c2c1. The highest BCUT2D eigenvalue weighted by Gasteiger charge is 2.07. The van der Waals surface area contributed by atoms with Gasteiger partial charge >= 0.3 is 5.97 Å². The van der Waals surface area contributed by atoms with Crippen molar-refractivity contribution >= 4 is 39.1 Å². The van der Waals surface area contributed by atoms with Crippen LogP contribution in [0.4, 0.5) is 0 Å². The molecule has 0 heterocycles. The van der Waals surface area contributed by atoms with Crippen molar-refractivity contribution in [3.8, 4) is 0 Å². The van der Waals surface area contributed by atoms with Gasteiger partial charge in [0.15, 0.2) is 5.43 Å². The summed E-state index contributed by atoms with van der Waals surface area (Å²) in [7, 11) is 0. The molecule has 4 heteroatoms. The Labute approximate surface area is 119 Å². The first kappa shape index (κ1) is 12.6. The van der Waals surface area contributed by atoms with Crippen molar-refractivity contribution in [3.63, 3.8) is 0 Å². The van der Waals surface area contributed by atoms with Gasteiger partial charge in [-0.15, -0.1) is 0 Å². The molecule has 0 fully saturated rings. The van der Waals surface area contributed by atoms with Gasteiger partial charge in [0.1, 0.15) is 0 Å². The molecule has 0 aromatic heterocycles. The second-order valence-electron chi connectivity index (χ2n) is 4.50. The molecule has 0 aliphatic carbocycles. The molecule has 3 aromatic rings. The van der Waals surface area contributed by atoms with Crippen molar-refractivity contribution < 1.29 is 9.90 Å². The predicted octanol–water partition coefficient (Wildman–Crippen LogP) is 3.70. The van der Waals surface area contributed by atoms with Crippen LogP contribution in [-0.2, 0) is 0 Å². The maximum Gasteiger partial charge on any atom is 0.335 e. The molecule has 0 unspecified atom stereocenters. The van der Waals surface area contributed by atoms with Gasteiger partial charge in [0.25, 0.3) is 0 Å². The van der Waals surface area contributed by atoms with Crippen LogP contribution in [0.15, 0.2) is 53.3 Å². The van der Waals surface area contributed by atoms with E-state index < -0.39 is 5.97 Å². The van der Waals surface area contributed by atoms with Crippen LogP contribution in [0.25, 0.3) is 21.5 Å². The van der Waals surface area contributed by atoms with Crippen molar-refractivity contribution in [1.29, 1.82) is 0 Å². The molecule has 0 aliphatic heterocycles. The third kappa shape index (κ3) is 2.02. The Balaban J connectivity index is 2.54. The van der Waals surface area contributed by atoms with Crippen molar-refractivity contribution in [2.75, 3.05) is 0 Å². The molecular formula is C16H9ClO3. The Morgan fingerprint density at radius 3 is 2.10 bits per heavy atom. The minimum atomic E-state index is -1.06. The van der Waals surface area contributed by atoms with Gasteiger partial charge in [-0.1, -0.05) is 35.9 Å². The molecule has 0 saturated heterocycles. The third-order valence-electron chi connectivity index (χ3n) is 3.25. The summed E-state index contributed by atoms with van der Waals surface area (Å²) in [6.45, 7) is 0. The van der Waals surface area contributed by atoms with Crippen molar-refractivity contribution in [2.45, 2.75) is 0 Å². The lowest BCUT2D eigenvalue weighted by atomic mass is 10.1. The molecule has 3 nitrogen and oxygen atoms in total. The Morgan fingerprint density at radius 1 is 0.900 bits per heavy atom. The number of aromatic carboxylic acids is 1. The highest BCUT2D eigenvalue weighted by Crippen LogP contribution is 2.20. The van der Waals surface area contributed by atoms with Gasteiger partial charge in [-0.25, -0.2) is 4.79 Å². The molecule has 0 aliphatic rings. The van der Waals surface area contributed by atoms with Crippen LogP contribution in [0.3, 0.4) is 0 Å². The Morgan fingerprint density at radius 2 is 1.45 bits per heavy atom. The van der Waals surface area contributed by atoms with Gasteiger partial charge in [0.2, 0.25) is 0 Å². The van der Waals surface area contributed by atoms with E-state index >= 15 is 0 Å². The fraction of sp³-hybridized carbons (Fsp3) is 0. The number of benzene rings is 2. The van der Waals surface area contributed by atoms with E-state index in [1.54, 1.807) is 30.3 Å². The number of rotatable bonds is 1. The largest absolute Gasteiger partial charge is 0.478 e. The number of carboxylic acid groups (broad SMARTS) is 1. The van der Waals surface area contributed by atoms with Crippen LogP contribution in [0, 0.1) is 0 Å². The second-order valence-corrected chi connectivity index (χ2v) is 4.94. The number of hydrogen-bond donors (Lipinski definition) is 1. The zero-order chi connectivity index (χ0) is 14.3. The van der Waals surface area contributed by atoms with Crippen LogP contribution in [0.2, 0.25) is 5.02 Å². The van der Waals surface area contributed by atoms with Crippen molar-refractivity contribution in [2.24, 2.45) is 0 Å². The van der Waals surface area contributed by atoms with Gasteiger partial charge in [0, 0.05) is 15.8 Å². The summed E-state index contributed by atoms with van der Waals surface area (Å²) >= 11 is 5.93. The van der Waals surface area contributed by atoms with Gasteiger partial charge in [-0.05, 0) is 35.0 Å². The number of carboxylic acids is 1. The lowest BCUT2D eigenvalue weighted by Gasteiger charge is -1.96. The third-order valence-corrected chi connectivity index (χ3v) is 3.48. The molecule has 0 atom stereocenters. The van der Waals surface area contributed by atoms with E-state index in [2.05, 4.69) is 0 Å². The molecule has 0 spiro atoms. The van der Waals surface area contributed by atoms with Crippen LogP contribution in [0.1, 0.15) is 10.4 Å². The Kier molecular flexibility index (Phi) is 2.92. The summed E-state index contributed by atoms with van der Waals surface area (Å²) in [5.41, 5.74) is -0.124. The fourth-order valence-corrected chi connectivity index (χ4v) is 2.40. The van der Waals surface area contributed by atoms with E-state index in [4.69, 9.17) is 16.7 Å². The van der Waals surface area contributed by atoms with Crippen LogP contribution in [-0.4, -0.2) is 11.1 Å². The smallest absolute Gasteiger partial charge is 0.335 e. The van der Waals surface area contributed by atoms with Gasteiger partial charge in [0.05, 0.1) is 5.56 Å². The average molecular weight is 285 g/mol. The highest BCUT2D eigenvalue weighted by molar-refractivity contribution is 6.31. The van der Waals surface area contributed by atoms with Crippen molar-refractivity contribution in [3.05, 3.63) is 69.3 Å². The molecule has 20 heavy (non-hydrogen) atoms. The Bertz CT molecular complexity index is 916. The molecule has 0 amide bonds. The molecule has 0 saturated carbocycles. The fourth-order valence-electron chi connectivity index (χ4n) is 2.23. The first-order chi connectivity index (χ1) is 9.56. The summed E-state index contributed by atoms with van der Waals surface area (Å²) in [5.74, 6) is -1.06. The van der Waals surface area contributed by atoms with E-state index in [1.165, 1.54) is 12.1 Å². The van der Waals surface area contributed by atoms with E-state index in [1.807, 2.05) is 6.07 Å². The topological polar surface area (TPSA) is 54.4 Å². The van der Waals surface area contributed by atoms with Gasteiger partial charge in [-0.2, -0.15) is 0 Å². The highest BCUT2D eigenvalue weighted by atomic mass is 35.5. The zero-order valence-electron chi connectivity index (χ0n) is 10.3. The standard InChI is InChI=1S/C16H9ClO3/c17-12-6-5-10-2-1-9-3-4-11(16(19)20)7-13(9)15(18)14(10)8-12/h1-8H,(H,19,20). The van der Waals surface area contributed by atoms with Crippen molar-refractivity contribution in [1.82, 2.24) is 0 Å². The second kappa shape index (κ2) is 4.62. The van der Waals surface area contributed by atoms with E-state index in [0.717, 1.165) is 5.39 Å². The number of halogens is 1. The normalized spacial score (nSPS) is 10.8. The maximum absolute atomic E-state index is 12.6. The minimum absolute atomic E-state index is 0.0935. The number of fused-ring (bicyclic) bond motifs is 2. The monoisotopic (exact) mass is 284 g/mol. The molecule has 98 valence electrons. The molecule has 0 radical (unpaired) electrons. The Hall–Kier alpha value is -2.39. The summed E-state index contributed by atoms with van der Waals surface area (Å²) in [5, 5.41) is 11.8. The van der Waals surface area contributed by atoms with Crippen LogP contribution in [0.5, 0.6) is 0 Å². The molecule has 0 bridgehead atoms. The van der Waals surface area contributed by atoms with E-state index in [9.17, 15) is 9.59 Å². The van der Waals surface area contributed by atoms with E-state index in [0.29, 0.717) is 21.2 Å². The van der Waals surface area contributed by atoms with Crippen LogP contribution >= 0.6 is 11.6 Å². The number of carbonyl (C=O) groups is 1. The molecule has 3 rings (SSSR count). The molecule has 3 aromatic carbocycles. The summed E-state index contributed by atoms with van der Waals surface area (Å²) in [4.78, 5) is 23.6. The first-order valence-electron chi connectivity index (χ1n) is 5.96. The quantitative estimate of drug-likeness (QED) is 0.741. The molecular weight excluding hydrogens is 276 g/mol. The summed E-state index contributed by atoms with van der Waals surface area (Å²) < 4.78 is 0. The maximum atomic E-state index is 12.6.